The molecule has 2 atom stereocenters. The molecule has 0 aliphatic carbocycles. The first kappa shape index (κ1) is 13.7. The third-order valence-electron chi connectivity index (χ3n) is 3.57. The van der Waals surface area contributed by atoms with Gasteiger partial charge in [-0.05, 0) is 50.9 Å². The van der Waals surface area contributed by atoms with Crippen molar-refractivity contribution in [1.82, 2.24) is 10.6 Å². The molecule has 5 heteroatoms. The highest BCUT2D eigenvalue weighted by Crippen LogP contribution is 2.21. The van der Waals surface area contributed by atoms with Crippen LogP contribution >= 0.6 is 0 Å². The fraction of sp³-hybridized carbons (Fsp3) is 0.500. The Hall–Kier alpha value is -1.75. The summed E-state index contributed by atoms with van der Waals surface area (Å²) in [7, 11) is 0. The highest BCUT2D eigenvalue weighted by Gasteiger charge is 2.21. The van der Waals surface area contributed by atoms with E-state index >= 15 is 0 Å². The highest BCUT2D eigenvalue weighted by molar-refractivity contribution is 5.95. The average Bonchev–Trinajstić information content (AvgIpc) is 2.38. The molecule has 1 amide bonds. The van der Waals surface area contributed by atoms with Gasteiger partial charge in [0.15, 0.2) is 0 Å². The molecule has 2 unspecified atom stereocenters. The number of benzene rings is 1. The number of phenolic OH excluding ortho intramolecular Hbond substituents is 2. The van der Waals surface area contributed by atoms with Crippen LogP contribution in [-0.4, -0.2) is 35.3 Å². The Balaban J connectivity index is 1.99. The zero-order valence-corrected chi connectivity index (χ0v) is 11.0. The van der Waals surface area contributed by atoms with E-state index in [9.17, 15) is 15.0 Å². The standard InChI is InChI=1S/C14H20N2O3/c1-9(10-3-2-4-15-8-10)16-14(19)11-5-12(17)7-13(18)6-11/h5-7,9-10,15,17-18H,2-4,8H2,1H3,(H,16,19). The van der Waals surface area contributed by atoms with Gasteiger partial charge in [-0.1, -0.05) is 0 Å². The normalized spacial score (nSPS) is 20.8. The minimum atomic E-state index is -0.274. The van der Waals surface area contributed by atoms with Crippen molar-refractivity contribution in [2.75, 3.05) is 13.1 Å². The number of phenols is 2. The zero-order chi connectivity index (χ0) is 13.8. The molecule has 0 bridgehead atoms. The van der Waals surface area contributed by atoms with Gasteiger partial charge in [-0.2, -0.15) is 0 Å². The molecule has 1 fully saturated rings. The second-order valence-electron chi connectivity index (χ2n) is 5.11. The van der Waals surface area contributed by atoms with Crippen LogP contribution in [0.2, 0.25) is 0 Å². The van der Waals surface area contributed by atoms with Gasteiger partial charge in [0.1, 0.15) is 11.5 Å². The minimum Gasteiger partial charge on any atom is -0.508 e. The van der Waals surface area contributed by atoms with Crippen molar-refractivity contribution in [3.05, 3.63) is 23.8 Å². The summed E-state index contributed by atoms with van der Waals surface area (Å²) in [6.07, 6.45) is 2.22. The molecule has 0 spiro atoms. The second kappa shape index (κ2) is 5.93. The molecule has 0 radical (unpaired) electrons. The number of hydrogen-bond acceptors (Lipinski definition) is 4. The number of rotatable bonds is 3. The van der Waals surface area contributed by atoms with Crippen LogP contribution in [0.5, 0.6) is 11.5 Å². The van der Waals surface area contributed by atoms with Crippen LogP contribution in [0.15, 0.2) is 18.2 Å². The Labute approximate surface area is 112 Å². The average molecular weight is 264 g/mol. The lowest BCUT2D eigenvalue weighted by molar-refractivity contribution is 0.0921. The molecule has 1 aromatic carbocycles. The van der Waals surface area contributed by atoms with Gasteiger partial charge in [0.25, 0.3) is 5.91 Å². The Kier molecular flexibility index (Phi) is 4.27. The van der Waals surface area contributed by atoms with Crippen molar-refractivity contribution in [3.63, 3.8) is 0 Å². The van der Waals surface area contributed by atoms with Gasteiger partial charge in [-0.15, -0.1) is 0 Å². The number of nitrogens with one attached hydrogen (secondary N) is 2. The lowest BCUT2D eigenvalue weighted by Crippen LogP contribution is -2.44. The molecule has 1 aliphatic heterocycles. The molecular weight excluding hydrogens is 244 g/mol. The Bertz CT molecular complexity index is 436. The first-order valence-electron chi connectivity index (χ1n) is 6.61. The number of aromatic hydroxyl groups is 2. The van der Waals surface area contributed by atoms with E-state index in [1.807, 2.05) is 6.92 Å². The minimum absolute atomic E-state index is 0.0600. The van der Waals surface area contributed by atoms with Crippen LogP contribution in [0.4, 0.5) is 0 Å². The van der Waals surface area contributed by atoms with Crippen LogP contribution < -0.4 is 10.6 Å². The zero-order valence-electron chi connectivity index (χ0n) is 11.0. The third kappa shape index (κ3) is 3.61. The van der Waals surface area contributed by atoms with Crippen LogP contribution in [0.1, 0.15) is 30.1 Å². The lowest BCUT2D eigenvalue weighted by Gasteiger charge is -2.28. The number of carbonyl (C=O) groups is 1. The van der Waals surface area contributed by atoms with Crippen molar-refractivity contribution in [1.29, 1.82) is 0 Å². The predicted molar refractivity (Wildman–Crippen MR) is 72.3 cm³/mol. The van der Waals surface area contributed by atoms with Crippen LogP contribution in [-0.2, 0) is 0 Å². The maximum atomic E-state index is 12.0. The van der Waals surface area contributed by atoms with Gasteiger partial charge < -0.3 is 20.8 Å². The molecule has 19 heavy (non-hydrogen) atoms. The first-order chi connectivity index (χ1) is 9.06. The fourth-order valence-electron chi connectivity index (χ4n) is 2.44. The molecular formula is C14H20N2O3. The summed E-state index contributed by atoms with van der Waals surface area (Å²) in [5.41, 5.74) is 0.271. The summed E-state index contributed by atoms with van der Waals surface area (Å²) in [5.74, 6) is -0.0813. The van der Waals surface area contributed by atoms with E-state index in [0.717, 1.165) is 25.9 Å². The maximum absolute atomic E-state index is 12.0. The second-order valence-corrected chi connectivity index (χ2v) is 5.11. The number of amides is 1. The van der Waals surface area contributed by atoms with Crippen LogP contribution in [0.25, 0.3) is 0 Å². The molecule has 0 aromatic heterocycles. The van der Waals surface area contributed by atoms with E-state index in [0.29, 0.717) is 5.92 Å². The van der Waals surface area contributed by atoms with Crippen molar-refractivity contribution in [3.8, 4) is 11.5 Å². The molecule has 1 saturated heterocycles. The monoisotopic (exact) mass is 264 g/mol. The van der Waals surface area contributed by atoms with Gasteiger partial charge in [0.2, 0.25) is 0 Å². The molecule has 0 saturated carbocycles. The Morgan fingerprint density at radius 2 is 2.05 bits per heavy atom. The van der Waals surface area contributed by atoms with Gasteiger partial charge in [-0.3, -0.25) is 4.79 Å². The van der Waals surface area contributed by atoms with E-state index in [4.69, 9.17) is 0 Å². The summed E-state index contributed by atoms with van der Waals surface area (Å²) in [4.78, 5) is 12.0. The summed E-state index contributed by atoms with van der Waals surface area (Å²) in [5, 5.41) is 25.0. The fourth-order valence-corrected chi connectivity index (χ4v) is 2.44. The van der Waals surface area contributed by atoms with Crippen LogP contribution in [0.3, 0.4) is 0 Å². The van der Waals surface area contributed by atoms with Crippen molar-refractivity contribution >= 4 is 5.91 Å². The number of hydrogen-bond donors (Lipinski definition) is 4. The summed E-state index contributed by atoms with van der Waals surface area (Å²) < 4.78 is 0. The molecule has 104 valence electrons. The van der Waals surface area contributed by atoms with E-state index in [1.54, 1.807) is 0 Å². The van der Waals surface area contributed by atoms with Gasteiger partial charge in [-0.25, -0.2) is 0 Å². The highest BCUT2D eigenvalue weighted by atomic mass is 16.3. The van der Waals surface area contributed by atoms with Crippen molar-refractivity contribution < 1.29 is 15.0 Å². The van der Waals surface area contributed by atoms with E-state index in [-0.39, 0.29) is 29.0 Å². The smallest absolute Gasteiger partial charge is 0.251 e. The topological polar surface area (TPSA) is 81.6 Å². The third-order valence-corrected chi connectivity index (χ3v) is 3.57. The maximum Gasteiger partial charge on any atom is 0.251 e. The SMILES string of the molecule is CC(NC(=O)c1cc(O)cc(O)c1)C1CCCNC1. The Morgan fingerprint density at radius 3 is 2.63 bits per heavy atom. The van der Waals surface area contributed by atoms with E-state index in [2.05, 4.69) is 10.6 Å². The molecule has 1 aromatic rings. The molecule has 4 N–H and O–H groups in total. The number of piperidine rings is 1. The van der Waals surface area contributed by atoms with Gasteiger partial charge >= 0.3 is 0 Å². The largest absolute Gasteiger partial charge is 0.508 e. The van der Waals surface area contributed by atoms with Crippen molar-refractivity contribution in [2.45, 2.75) is 25.8 Å². The lowest BCUT2D eigenvalue weighted by atomic mass is 9.92. The Morgan fingerprint density at radius 1 is 1.37 bits per heavy atom. The van der Waals surface area contributed by atoms with Gasteiger partial charge in [0, 0.05) is 17.7 Å². The summed E-state index contributed by atoms with van der Waals surface area (Å²) in [6, 6.07) is 3.96. The quantitative estimate of drug-likeness (QED) is 0.661. The predicted octanol–water partition coefficient (Wildman–Crippen LogP) is 1.22. The number of carbonyl (C=O) groups excluding carboxylic acids is 1. The van der Waals surface area contributed by atoms with Crippen molar-refractivity contribution in [2.24, 2.45) is 5.92 Å². The first-order valence-corrected chi connectivity index (χ1v) is 6.61. The van der Waals surface area contributed by atoms with E-state index < -0.39 is 0 Å². The molecule has 1 aliphatic rings. The molecule has 2 rings (SSSR count). The summed E-state index contributed by atoms with van der Waals surface area (Å²) in [6.45, 7) is 3.93. The van der Waals surface area contributed by atoms with E-state index in [1.165, 1.54) is 18.2 Å². The molecule has 1 heterocycles. The molecule has 5 nitrogen and oxygen atoms in total. The van der Waals surface area contributed by atoms with Crippen LogP contribution in [0, 0.1) is 5.92 Å². The van der Waals surface area contributed by atoms with Gasteiger partial charge in [0.05, 0.1) is 0 Å². The summed E-state index contributed by atoms with van der Waals surface area (Å²) >= 11 is 0.